The molecule has 1 aliphatic rings. The predicted octanol–water partition coefficient (Wildman–Crippen LogP) is 1.05. The highest BCUT2D eigenvalue weighted by Gasteiger charge is 2.29. The van der Waals surface area contributed by atoms with Crippen LogP contribution in [0.4, 0.5) is 5.82 Å². The summed E-state index contributed by atoms with van der Waals surface area (Å²) in [6.07, 6.45) is 3.00. The van der Waals surface area contributed by atoms with Crippen molar-refractivity contribution in [1.82, 2.24) is 14.8 Å². The number of nitrogens with one attached hydrogen (secondary N) is 2. The highest BCUT2D eigenvalue weighted by Crippen LogP contribution is 2.24. The fourth-order valence-corrected chi connectivity index (χ4v) is 2.93. The van der Waals surface area contributed by atoms with E-state index in [1.165, 1.54) is 7.05 Å². The molecule has 1 aliphatic carbocycles. The average molecular weight is 344 g/mol. The van der Waals surface area contributed by atoms with Gasteiger partial charge in [-0.1, -0.05) is 24.6 Å². The minimum absolute atomic E-state index is 0.0507. The third-order valence-corrected chi connectivity index (χ3v) is 4.37. The van der Waals surface area contributed by atoms with Crippen LogP contribution in [0.5, 0.6) is 0 Å². The molecule has 2 atom stereocenters. The van der Waals surface area contributed by atoms with E-state index in [1.807, 2.05) is 6.07 Å². The summed E-state index contributed by atoms with van der Waals surface area (Å²) in [7, 11) is 1.38. The Morgan fingerprint density at radius 2 is 1.96 bits per heavy atom. The van der Waals surface area contributed by atoms with Crippen molar-refractivity contribution in [2.24, 2.45) is 7.05 Å². The van der Waals surface area contributed by atoms with Gasteiger partial charge in [0.25, 0.3) is 5.56 Å². The van der Waals surface area contributed by atoms with Crippen molar-refractivity contribution in [3.05, 3.63) is 56.7 Å². The Hall–Kier alpha value is -2.90. The van der Waals surface area contributed by atoms with Crippen molar-refractivity contribution in [3.8, 4) is 0 Å². The van der Waals surface area contributed by atoms with E-state index in [9.17, 15) is 14.4 Å². The number of ether oxygens (including phenoxy) is 1. The van der Waals surface area contributed by atoms with E-state index in [0.717, 1.165) is 23.8 Å². The number of aromatic nitrogens is 3. The van der Waals surface area contributed by atoms with E-state index in [-0.39, 0.29) is 23.9 Å². The third-order valence-electron chi connectivity index (χ3n) is 4.37. The molecular formula is C17H20N4O4. The number of carbonyl (C=O) groups excluding carboxylic acids is 1. The molecule has 0 radical (unpaired) electrons. The van der Waals surface area contributed by atoms with Gasteiger partial charge in [0.2, 0.25) is 5.82 Å². The number of nitrogens with zero attached hydrogens (tertiary/aromatic N) is 2. The van der Waals surface area contributed by atoms with Crippen LogP contribution in [-0.4, -0.2) is 32.9 Å². The number of H-pyrrole nitrogens is 1. The first-order valence-electron chi connectivity index (χ1n) is 8.24. The van der Waals surface area contributed by atoms with Crippen LogP contribution in [0.15, 0.2) is 39.9 Å². The van der Waals surface area contributed by atoms with Gasteiger partial charge in [0.1, 0.15) is 6.10 Å². The van der Waals surface area contributed by atoms with Crippen LogP contribution in [0.2, 0.25) is 0 Å². The zero-order chi connectivity index (χ0) is 17.8. The summed E-state index contributed by atoms with van der Waals surface area (Å²) >= 11 is 0. The lowest BCUT2D eigenvalue weighted by molar-refractivity contribution is 0.0174. The molecule has 3 rings (SSSR count). The van der Waals surface area contributed by atoms with Gasteiger partial charge in [-0.2, -0.15) is 0 Å². The fourth-order valence-electron chi connectivity index (χ4n) is 2.93. The fraction of sp³-hybridized carbons (Fsp3) is 0.412. The SMILES string of the molecule is Cn1c(=O)[nH]nc(N[C@@H]2CCCC[C@H]2OC(=O)c2ccccc2)c1=O. The quantitative estimate of drug-likeness (QED) is 0.803. The number of aromatic amines is 1. The van der Waals surface area contributed by atoms with Gasteiger partial charge in [0, 0.05) is 7.05 Å². The van der Waals surface area contributed by atoms with Crippen molar-refractivity contribution in [1.29, 1.82) is 0 Å². The van der Waals surface area contributed by atoms with E-state index in [0.29, 0.717) is 12.0 Å². The molecule has 0 bridgehead atoms. The first-order chi connectivity index (χ1) is 12.1. The van der Waals surface area contributed by atoms with Gasteiger partial charge < -0.3 is 10.1 Å². The third kappa shape index (κ3) is 3.78. The molecule has 25 heavy (non-hydrogen) atoms. The van der Waals surface area contributed by atoms with Crippen LogP contribution < -0.4 is 16.6 Å². The summed E-state index contributed by atoms with van der Waals surface area (Å²) in [5.41, 5.74) is -0.599. The van der Waals surface area contributed by atoms with Gasteiger partial charge in [-0.05, 0) is 31.4 Å². The van der Waals surface area contributed by atoms with Gasteiger partial charge in [-0.3, -0.25) is 9.36 Å². The molecule has 0 aliphatic heterocycles. The molecule has 8 heteroatoms. The minimum atomic E-state index is -0.578. The van der Waals surface area contributed by atoms with E-state index in [1.54, 1.807) is 24.3 Å². The standard InChI is InChI=1S/C17H20N4O4/c1-21-15(22)14(19-20-17(21)24)18-12-9-5-6-10-13(12)25-16(23)11-7-3-2-4-8-11/h2-4,7-8,12-13H,5-6,9-10H2,1H3,(H,18,19)(H,20,24)/t12-,13-/m1/s1. The largest absolute Gasteiger partial charge is 0.457 e. The second-order valence-corrected chi connectivity index (χ2v) is 6.09. The maximum atomic E-state index is 12.3. The summed E-state index contributed by atoms with van der Waals surface area (Å²) in [6, 6.07) is 8.56. The van der Waals surface area contributed by atoms with Crippen molar-refractivity contribution in [2.75, 3.05) is 5.32 Å². The van der Waals surface area contributed by atoms with Crippen molar-refractivity contribution in [3.63, 3.8) is 0 Å². The molecule has 1 fully saturated rings. The van der Waals surface area contributed by atoms with E-state index in [4.69, 9.17) is 4.74 Å². The lowest BCUT2D eigenvalue weighted by Gasteiger charge is -2.31. The molecule has 0 unspecified atom stereocenters. The summed E-state index contributed by atoms with van der Waals surface area (Å²) in [5.74, 6) is -0.337. The Morgan fingerprint density at radius 1 is 1.24 bits per heavy atom. The number of hydrogen-bond acceptors (Lipinski definition) is 6. The summed E-state index contributed by atoms with van der Waals surface area (Å²) in [4.78, 5) is 35.8. The van der Waals surface area contributed by atoms with Gasteiger partial charge in [0.05, 0.1) is 11.6 Å². The van der Waals surface area contributed by atoms with Crippen LogP contribution in [0, 0.1) is 0 Å². The maximum absolute atomic E-state index is 12.3. The Kier molecular flexibility index (Phi) is 4.97. The molecule has 0 amide bonds. The molecule has 132 valence electrons. The monoisotopic (exact) mass is 344 g/mol. The molecule has 1 aromatic heterocycles. The molecule has 0 spiro atoms. The van der Waals surface area contributed by atoms with Crippen LogP contribution in [-0.2, 0) is 11.8 Å². The van der Waals surface area contributed by atoms with Crippen LogP contribution in [0.1, 0.15) is 36.0 Å². The van der Waals surface area contributed by atoms with Crippen LogP contribution in [0.25, 0.3) is 0 Å². The lowest BCUT2D eigenvalue weighted by Crippen LogP contribution is -2.43. The molecule has 1 heterocycles. The van der Waals surface area contributed by atoms with Crippen molar-refractivity contribution >= 4 is 11.8 Å². The normalized spacial score (nSPS) is 20.0. The molecule has 1 saturated carbocycles. The number of hydrogen-bond donors (Lipinski definition) is 2. The Bertz CT molecular complexity index is 859. The van der Waals surface area contributed by atoms with Gasteiger partial charge in [-0.25, -0.2) is 14.7 Å². The second-order valence-electron chi connectivity index (χ2n) is 6.09. The van der Waals surface area contributed by atoms with E-state index < -0.39 is 11.2 Å². The Morgan fingerprint density at radius 3 is 2.72 bits per heavy atom. The average Bonchev–Trinajstić information content (AvgIpc) is 2.64. The first-order valence-corrected chi connectivity index (χ1v) is 8.24. The molecule has 1 aromatic carbocycles. The summed E-state index contributed by atoms with van der Waals surface area (Å²) < 4.78 is 6.59. The topological polar surface area (TPSA) is 106 Å². The Labute approximate surface area is 143 Å². The number of benzene rings is 1. The number of rotatable bonds is 4. The van der Waals surface area contributed by atoms with Gasteiger partial charge >= 0.3 is 11.7 Å². The number of anilines is 1. The molecule has 8 nitrogen and oxygen atoms in total. The Balaban J connectivity index is 1.75. The number of carbonyl (C=O) groups is 1. The molecule has 2 N–H and O–H groups in total. The number of esters is 1. The molecular weight excluding hydrogens is 324 g/mol. The summed E-state index contributed by atoms with van der Waals surface area (Å²) in [5, 5.41) is 9.08. The highest BCUT2D eigenvalue weighted by molar-refractivity contribution is 5.89. The second kappa shape index (κ2) is 7.33. The predicted molar refractivity (Wildman–Crippen MR) is 91.6 cm³/mol. The van der Waals surface area contributed by atoms with Crippen LogP contribution >= 0.6 is 0 Å². The van der Waals surface area contributed by atoms with Crippen molar-refractivity contribution < 1.29 is 9.53 Å². The zero-order valence-electron chi connectivity index (χ0n) is 13.9. The van der Waals surface area contributed by atoms with Gasteiger partial charge in [0.15, 0.2) is 0 Å². The minimum Gasteiger partial charge on any atom is -0.457 e. The molecule has 0 saturated heterocycles. The smallest absolute Gasteiger partial charge is 0.344 e. The lowest BCUT2D eigenvalue weighted by atomic mass is 9.92. The molecule has 2 aromatic rings. The van der Waals surface area contributed by atoms with Crippen molar-refractivity contribution in [2.45, 2.75) is 37.8 Å². The first kappa shape index (κ1) is 16.9. The van der Waals surface area contributed by atoms with Crippen LogP contribution in [0.3, 0.4) is 0 Å². The zero-order valence-corrected chi connectivity index (χ0v) is 13.9. The summed E-state index contributed by atoms with van der Waals surface area (Å²) in [6.45, 7) is 0. The maximum Gasteiger partial charge on any atom is 0.344 e. The van der Waals surface area contributed by atoms with Gasteiger partial charge in [-0.15, -0.1) is 5.10 Å². The van der Waals surface area contributed by atoms with E-state index in [2.05, 4.69) is 15.5 Å². The highest BCUT2D eigenvalue weighted by atomic mass is 16.5. The van der Waals surface area contributed by atoms with E-state index >= 15 is 0 Å².